The average molecular weight is 205 g/mol. The number of hydrogen-bond donors (Lipinski definition) is 1. The molecule has 2 aliphatic rings. The van der Waals surface area contributed by atoms with Crippen LogP contribution < -0.4 is 5.73 Å². The summed E-state index contributed by atoms with van der Waals surface area (Å²) >= 11 is 0. The van der Waals surface area contributed by atoms with E-state index in [4.69, 9.17) is 5.73 Å². The molecule has 1 heterocycles. The van der Waals surface area contributed by atoms with Crippen LogP contribution in [0.25, 0.3) is 0 Å². The summed E-state index contributed by atoms with van der Waals surface area (Å²) in [6, 6.07) is 0. The molecule has 3 heteroatoms. The van der Waals surface area contributed by atoms with Gasteiger partial charge in [0.05, 0.1) is 0 Å². The molecule has 0 radical (unpaired) electrons. The van der Waals surface area contributed by atoms with Crippen LogP contribution in [0.4, 0.5) is 5.82 Å². The van der Waals surface area contributed by atoms with E-state index in [-0.39, 0.29) is 0 Å². The highest BCUT2D eigenvalue weighted by Gasteiger charge is 2.46. The smallest absolute Gasteiger partial charge is 0.148 e. The normalized spacial score (nSPS) is 29.4. The highest BCUT2D eigenvalue weighted by Crippen LogP contribution is 2.55. The molecule has 0 bridgehead atoms. The third kappa shape index (κ3) is 1.87. The summed E-state index contributed by atoms with van der Waals surface area (Å²) in [4.78, 5) is 0. The largest absolute Gasteiger partial charge is 0.382 e. The highest BCUT2D eigenvalue weighted by atomic mass is 15.3. The van der Waals surface area contributed by atoms with Gasteiger partial charge in [0.15, 0.2) is 0 Å². The number of anilines is 1. The summed E-state index contributed by atoms with van der Waals surface area (Å²) in [5.41, 5.74) is 6.82. The van der Waals surface area contributed by atoms with Crippen molar-refractivity contribution in [3.8, 4) is 0 Å². The van der Waals surface area contributed by atoms with E-state index in [1.165, 1.54) is 25.7 Å². The fourth-order valence-corrected chi connectivity index (χ4v) is 2.65. The first kappa shape index (κ1) is 9.25. The molecule has 3 rings (SSSR count). The minimum Gasteiger partial charge on any atom is -0.382 e. The number of rotatable bonds is 4. The standard InChI is InChI=1S/C12H19N3/c1-8-7-15(14-12(8)13)5-4-10-6-11(10)9-2-3-9/h7,9-11H,2-6H2,1H3,(H2,13,14). The van der Waals surface area contributed by atoms with Gasteiger partial charge in [0.25, 0.3) is 0 Å². The zero-order chi connectivity index (χ0) is 10.4. The first-order valence-corrected chi connectivity index (χ1v) is 6.03. The van der Waals surface area contributed by atoms with Gasteiger partial charge >= 0.3 is 0 Å². The molecular weight excluding hydrogens is 186 g/mol. The molecule has 82 valence electrons. The molecule has 2 fully saturated rings. The second-order valence-corrected chi connectivity index (χ2v) is 5.25. The quantitative estimate of drug-likeness (QED) is 0.819. The lowest BCUT2D eigenvalue weighted by atomic mass is 10.2. The van der Waals surface area contributed by atoms with E-state index in [2.05, 4.69) is 11.3 Å². The number of aromatic nitrogens is 2. The van der Waals surface area contributed by atoms with Gasteiger partial charge in [-0.1, -0.05) is 0 Å². The number of aryl methyl sites for hydroxylation is 2. The van der Waals surface area contributed by atoms with Crippen molar-refractivity contribution in [3.63, 3.8) is 0 Å². The third-order valence-corrected chi connectivity index (χ3v) is 3.92. The predicted octanol–water partition coefficient (Wildman–Crippen LogP) is 2.21. The molecule has 2 N–H and O–H groups in total. The Bertz CT molecular complexity index is 345. The predicted molar refractivity (Wildman–Crippen MR) is 60.3 cm³/mol. The van der Waals surface area contributed by atoms with Gasteiger partial charge in [0, 0.05) is 18.3 Å². The topological polar surface area (TPSA) is 43.8 Å². The van der Waals surface area contributed by atoms with E-state index in [0.29, 0.717) is 5.82 Å². The van der Waals surface area contributed by atoms with Crippen molar-refractivity contribution in [1.29, 1.82) is 0 Å². The van der Waals surface area contributed by atoms with E-state index >= 15 is 0 Å². The molecule has 0 aliphatic heterocycles. The van der Waals surface area contributed by atoms with Gasteiger partial charge in [-0.25, -0.2) is 0 Å². The van der Waals surface area contributed by atoms with Crippen LogP contribution in [0.15, 0.2) is 6.20 Å². The Kier molecular flexibility index (Phi) is 2.01. The number of nitrogens with two attached hydrogens (primary N) is 1. The van der Waals surface area contributed by atoms with Crippen LogP contribution in [0.2, 0.25) is 0 Å². The molecule has 0 aromatic carbocycles. The van der Waals surface area contributed by atoms with Gasteiger partial charge in [-0.05, 0) is 50.4 Å². The summed E-state index contributed by atoms with van der Waals surface area (Å²) in [5, 5.41) is 4.29. The maximum absolute atomic E-state index is 5.72. The second-order valence-electron chi connectivity index (χ2n) is 5.25. The fraction of sp³-hybridized carbons (Fsp3) is 0.750. The summed E-state index contributed by atoms with van der Waals surface area (Å²) < 4.78 is 2.01. The summed E-state index contributed by atoms with van der Waals surface area (Å²) in [7, 11) is 0. The summed E-state index contributed by atoms with van der Waals surface area (Å²) in [6.07, 6.45) is 7.82. The minimum atomic E-state index is 0.685. The van der Waals surface area contributed by atoms with Gasteiger partial charge in [-0.2, -0.15) is 5.10 Å². The Morgan fingerprint density at radius 3 is 2.93 bits per heavy atom. The number of nitrogen functional groups attached to an aromatic ring is 1. The van der Waals surface area contributed by atoms with E-state index in [1.54, 1.807) is 0 Å². The Morgan fingerprint density at radius 2 is 2.33 bits per heavy atom. The summed E-state index contributed by atoms with van der Waals surface area (Å²) in [6.45, 7) is 3.06. The number of nitrogens with zero attached hydrogens (tertiary/aromatic N) is 2. The van der Waals surface area contributed by atoms with Gasteiger partial charge in [-0.15, -0.1) is 0 Å². The van der Waals surface area contributed by atoms with Crippen LogP contribution in [0.5, 0.6) is 0 Å². The molecule has 15 heavy (non-hydrogen) atoms. The highest BCUT2D eigenvalue weighted by molar-refractivity contribution is 5.35. The van der Waals surface area contributed by atoms with Crippen molar-refractivity contribution in [1.82, 2.24) is 9.78 Å². The molecular formula is C12H19N3. The SMILES string of the molecule is Cc1cn(CCC2CC2C2CC2)nc1N. The van der Waals surface area contributed by atoms with E-state index in [9.17, 15) is 0 Å². The van der Waals surface area contributed by atoms with Gasteiger partial charge in [0.1, 0.15) is 5.82 Å². The summed E-state index contributed by atoms with van der Waals surface area (Å²) in [5.74, 6) is 3.84. The van der Waals surface area contributed by atoms with Crippen LogP contribution >= 0.6 is 0 Å². The molecule has 0 saturated heterocycles. The van der Waals surface area contributed by atoms with E-state index < -0.39 is 0 Å². The van der Waals surface area contributed by atoms with Crippen molar-refractivity contribution in [2.24, 2.45) is 17.8 Å². The monoisotopic (exact) mass is 205 g/mol. The average Bonchev–Trinajstić information content (AvgIpc) is 3.07. The lowest BCUT2D eigenvalue weighted by molar-refractivity contribution is 0.510. The molecule has 0 spiro atoms. The van der Waals surface area contributed by atoms with Crippen molar-refractivity contribution in [2.75, 3.05) is 5.73 Å². The van der Waals surface area contributed by atoms with Crippen LogP contribution in [0, 0.1) is 24.7 Å². The lowest BCUT2D eigenvalue weighted by Gasteiger charge is -2.00. The third-order valence-electron chi connectivity index (χ3n) is 3.92. The van der Waals surface area contributed by atoms with E-state index in [1.807, 2.05) is 11.6 Å². The van der Waals surface area contributed by atoms with Gasteiger partial charge < -0.3 is 5.73 Å². The first-order valence-electron chi connectivity index (χ1n) is 6.03. The van der Waals surface area contributed by atoms with Crippen molar-refractivity contribution in [2.45, 2.75) is 39.2 Å². The van der Waals surface area contributed by atoms with Crippen LogP contribution in [0.3, 0.4) is 0 Å². The maximum atomic E-state index is 5.72. The van der Waals surface area contributed by atoms with Gasteiger partial charge in [0.2, 0.25) is 0 Å². The minimum absolute atomic E-state index is 0.685. The van der Waals surface area contributed by atoms with Crippen molar-refractivity contribution >= 4 is 5.82 Å². The molecule has 1 aromatic rings. The Labute approximate surface area is 90.7 Å². The van der Waals surface area contributed by atoms with Crippen LogP contribution in [-0.2, 0) is 6.54 Å². The zero-order valence-corrected chi connectivity index (χ0v) is 9.32. The Hall–Kier alpha value is -0.990. The molecule has 0 amide bonds. The number of hydrogen-bond acceptors (Lipinski definition) is 2. The maximum Gasteiger partial charge on any atom is 0.148 e. The van der Waals surface area contributed by atoms with Crippen LogP contribution in [0.1, 0.15) is 31.2 Å². The van der Waals surface area contributed by atoms with Crippen LogP contribution in [-0.4, -0.2) is 9.78 Å². The first-order chi connectivity index (χ1) is 7.24. The van der Waals surface area contributed by atoms with E-state index in [0.717, 1.165) is 29.9 Å². The zero-order valence-electron chi connectivity index (χ0n) is 9.32. The molecule has 3 nitrogen and oxygen atoms in total. The second kappa shape index (κ2) is 3.26. The molecule has 2 unspecified atom stereocenters. The lowest BCUT2D eigenvalue weighted by Crippen LogP contribution is -2.01. The Morgan fingerprint density at radius 1 is 1.53 bits per heavy atom. The molecule has 2 atom stereocenters. The molecule has 2 saturated carbocycles. The van der Waals surface area contributed by atoms with Gasteiger partial charge in [-0.3, -0.25) is 4.68 Å². The molecule has 1 aromatic heterocycles. The van der Waals surface area contributed by atoms with Crippen molar-refractivity contribution in [3.05, 3.63) is 11.8 Å². The fourth-order valence-electron chi connectivity index (χ4n) is 2.65. The van der Waals surface area contributed by atoms with Crippen molar-refractivity contribution < 1.29 is 0 Å². The molecule has 2 aliphatic carbocycles. The Balaban J connectivity index is 1.49.